The largest absolute Gasteiger partial charge is 0.309 e. The Morgan fingerprint density at radius 2 is 0.691 bits per heavy atom. The zero-order valence-corrected chi connectivity index (χ0v) is 37.0. The Hall–Kier alpha value is -9.12. The number of hydrogen-bond acceptors (Lipinski definition) is 2. The van der Waals surface area contributed by atoms with Gasteiger partial charge in [-0.05, 0) is 100 Å². The van der Waals surface area contributed by atoms with Crippen LogP contribution >= 0.6 is 0 Å². The van der Waals surface area contributed by atoms with Crippen LogP contribution in [-0.4, -0.2) is 19.1 Å². The van der Waals surface area contributed by atoms with Gasteiger partial charge in [-0.1, -0.05) is 188 Å². The quantitative estimate of drug-likeness (QED) is 0.153. The molecule has 0 radical (unpaired) electrons. The lowest BCUT2D eigenvalue weighted by atomic mass is 9.98. The Balaban J connectivity index is 0.978. The fourth-order valence-electron chi connectivity index (χ4n) is 10.1. The molecule has 3 aromatic heterocycles. The Morgan fingerprint density at radius 1 is 0.250 bits per heavy atom. The van der Waals surface area contributed by atoms with E-state index in [0.29, 0.717) is 5.82 Å². The van der Waals surface area contributed by atoms with Crippen molar-refractivity contribution in [2.45, 2.75) is 0 Å². The summed E-state index contributed by atoms with van der Waals surface area (Å²) in [6.45, 7) is 0. The van der Waals surface area contributed by atoms with E-state index in [1.54, 1.807) is 0 Å². The average molecular weight is 867 g/mol. The van der Waals surface area contributed by atoms with Crippen LogP contribution in [0.3, 0.4) is 0 Å². The number of para-hydroxylation sites is 2. The first-order chi connectivity index (χ1) is 33.7. The highest BCUT2D eigenvalue weighted by Gasteiger charge is 2.22. The molecular formula is C64H42N4. The summed E-state index contributed by atoms with van der Waals surface area (Å²) in [5.41, 5.74) is 18.7. The van der Waals surface area contributed by atoms with E-state index in [-0.39, 0.29) is 0 Å². The summed E-state index contributed by atoms with van der Waals surface area (Å²) in [6, 6.07) is 91.1. The monoisotopic (exact) mass is 866 g/mol. The summed E-state index contributed by atoms with van der Waals surface area (Å²) >= 11 is 0. The molecule has 0 saturated heterocycles. The van der Waals surface area contributed by atoms with Gasteiger partial charge in [0, 0.05) is 49.6 Å². The van der Waals surface area contributed by atoms with Crippen molar-refractivity contribution < 1.29 is 0 Å². The third-order valence-corrected chi connectivity index (χ3v) is 13.3. The zero-order chi connectivity index (χ0) is 45.0. The molecule has 13 aromatic rings. The van der Waals surface area contributed by atoms with Crippen LogP contribution in [0.25, 0.3) is 122 Å². The summed E-state index contributed by atoms with van der Waals surface area (Å²) in [6.07, 6.45) is 0. The molecule has 0 bridgehead atoms. The molecule has 10 aromatic carbocycles. The third-order valence-electron chi connectivity index (χ3n) is 13.3. The SMILES string of the molecule is c1ccc(-c2ccc(-c3cc(-c4ccccc4)nc(-c4ccc(-n5c6ccccc6c6c5ccc5c7ccccc7n(-c7cc(-c8ccccc8)cc(-c8ccccc8)c7)c56)cc4)n3)cc2)cc1. The summed E-state index contributed by atoms with van der Waals surface area (Å²) in [7, 11) is 0. The normalized spacial score (nSPS) is 11.5. The number of rotatable bonds is 8. The third kappa shape index (κ3) is 6.78. The molecule has 0 aliphatic heterocycles. The standard InChI is InChI=1S/C64H42N4/c1-5-17-43(18-6-1)46-29-31-48(32-30-46)58-42-57(47-23-11-4-12-24-47)65-64(66-58)49-33-35-52(36-34-49)67-60-28-16-14-26-56(60)62-61(67)38-37-55-54-25-13-15-27-59(54)68(63(55)62)53-40-50(44-19-7-2-8-20-44)39-51(41-53)45-21-9-3-10-22-45/h1-42H. The second-order valence-electron chi connectivity index (χ2n) is 17.4. The molecule has 0 spiro atoms. The maximum atomic E-state index is 5.22. The van der Waals surface area contributed by atoms with Gasteiger partial charge in [0.15, 0.2) is 5.82 Å². The van der Waals surface area contributed by atoms with Crippen LogP contribution in [0.15, 0.2) is 255 Å². The molecule has 0 aliphatic carbocycles. The smallest absolute Gasteiger partial charge is 0.160 e. The highest BCUT2D eigenvalue weighted by molar-refractivity contribution is 6.26. The van der Waals surface area contributed by atoms with Gasteiger partial charge in [0.1, 0.15) is 0 Å². The average Bonchev–Trinajstić information content (AvgIpc) is 3.95. The maximum absolute atomic E-state index is 5.22. The van der Waals surface area contributed by atoms with E-state index in [2.05, 4.69) is 252 Å². The number of hydrogen-bond donors (Lipinski definition) is 0. The van der Waals surface area contributed by atoms with Gasteiger partial charge in [0.2, 0.25) is 0 Å². The lowest BCUT2D eigenvalue weighted by Gasteiger charge is -2.15. The van der Waals surface area contributed by atoms with Crippen molar-refractivity contribution in [1.29, 1.82) is 0 Å². The van der Waals surface area contributed by atoms with Crippen LogP contribution in [0.1, 0.15) is 0 Å². The molecule has 0 saturated carbocycles. The van der Waals surface area contributed by atoms with Gasteiger partial charge in [-0.3, -0.25) is 0 Å². The molecule has 13 rings (SSSR count). The van der Waals surface area contributed by atoms with Crippen molar-refractivity contribution in [3.8, 4) is 78.7 Å². The first-order valence-electron chi connectivity index (χ1n) is 23.1. The number of aromatic nitrogens is 4. The van der Waals surface area contributed by atoms with Gasteiger partial charge in [-0.15, -0.1) is 0 Å². The van der Waals surface area contributed by atoms with E-state index in [4.69, 9.17) is 9.97 Å². The topological polar surface area (TPSA) is 35.6 Å². The fraction of sp³-hybridized carbons (Fsp3) is 0. The zero-order valence-electron chi connectivity index (χ0n) is 37.0. The van der Waals surface area contributed by atoms with E-state index < -0.39 is 0 Å². The lowest BCUT2D eigenvalue weighted by Crippen LogP contribution is -1.98. The molecular weight excluding hydrogens is 825 g/mol. The molecule has 68 heavy (non-hydrogen) atoms. The van der Waals surface area contributed by atoms with E-state index in [1.165, 1.54) is 66.0 Å². The Labute approximate surface area is 394 Å². The minimum absolute atomic E-state index is 0.682. The van der Waals surface area contributed by atoms with Crippen LogP contribution in [0.2, 0.25) is 0 Å². The molecule has 3 heterocycles. The highest BCUT2D eigenvalue weighted by atomic mass is 15.0. The molecule has 0 aliphatic rings. The molecule has 0 atom stereocenters. The lowest BCUT2D eigenvalue weighted by molar-refractivity contribution is 1.16. The van der Waals surface area contributed by atoms with Crippen molar-refractivity contribution in [2.75, 3.05) is 0 Å². The second kappa shape index (κ2) is 16.4. The van der Waals surface area contributed by atoms with Crippen molar-refractivity contribution in [3.05, 3.63) is 255 Å². The molecule has 0 amide bonds. The maximum Gasteiger partial charge on any atom is 0.160 e. The van der Waals surface area contributed by atoms with Crippen LogP contribution in [0, 0.1) is 0 Å². The molecule has 4 heteroatoms. The van der Waals surface area contributed by atoms with Crippen LogP contribution in [0.4, 0.5) is 0 Å². The van der Waals surface area contributed by atoms with Gasteiger partial charge in [0.25, 0.3) is 0 Å². The molecule has 0 fully saturated rings. The van der Waals surface area contributed by atoms with E-state index >= 15 is 0 Å². The van der Waals surface area contributed by atoms with Crippen molar-refractivity contribution >= 4 is 43.6 Å². The molecule has 0 N–H and O–H groups in total. The Kier molecular flexibility index (Phi) is 9.47. The summed E-state index contributed by atoms with van der Waals surface area (Å²) < 4.78 is 4.91. The highest BCUT2D eigenvalue weighted by Crippen LogP contribution is 2.43. The fourth-order valence-corrected chi connectivity index (χ4v) is 10.1. The summed E-state index contributed by atoms with van der Waals surface area (Å²) in [5, 5.41) is 4.86. The van der Waals surface area contributed by atoms with Gasteiger partial charge in [-0.25, -0.2) is 9.97 Å². The van der Waals surface area contributed by atoms with Crippen LogP contribution in [-0.2, 0) is 0 Å². The molecule has 4 nitrogen and oxygen atoms in total. The van der Waals surface area contributed by atoms with Gasteiger partial charge in [-0.2, -0.15) is 0 Å². The Morgan fingerprint density at radius 3 is 1.28 bits per heavy atom. The van der Waals surface area contributed by atoms with Crippen molar-refractivity contribution in [3.63, 3.8) is 0 Å². The van der Waals surface area contributed by atoms with Gasteiger partial charge in [0.05, 0.1) is 33.5 Å². The minimum Gasteiger partial charge on any atom is -0.309 e. The molecule has 318 valence electrons. The van der Waals surface area contributed by atoms with Crippen molar-refractivity contribution in [1.82, 2.24) is 19.1 Å². The number of benzene rings is 10. The number of nitrogens with zero attached hydrogens (tertiary/aromatic N) is 4. The van der Waals surface area contributed by atoms with Crippen LogP contribution < -0.4 is 0 Å². The van der Waals surface area contributed by atoms with Crippen LogP contribution in [0.5, 0.6) is 0 Å². The Bertz CT molecular complexity index is 3910. The van der Waals surface area contributed by atoms with E-state index in [9.17, 15) is 0 Å². The minimum atomic E-state index is 0.682. The predicted octanol–water partition coefficient (Wildman–Crippen LogP) is 16.7. The predicted molar refractivity (Wildman–Crippen MR) is 283 cm³/mol. The summed E-state index contributed by atoms with van der Waals surface area (Å²) in [4.78, 5) is 10.4. The van der Waals surface area contributed by atoms with E-state index in [1.807, 2.05) is 12.1 Å². The second-order valence-corrected chi connectivity index (χ2v) is 17.4. The van der Waals surface area contributed by atoms with Crippen molar-refractivity contribution in [2.24, 2.45) is 0 Å². The van der Waals surface area contributed by atoms with Gasteiger partial charge < -0.3 is 9.13 Å². The number of fused-ring (bicyclic) bond motifs is 7. The van der Waals surface area contributed by atoms with Gasteiger partial charge >= 0.3 is 0 Å². The first kappa shape index (κ1) is 39.3. The first-order valence-corrected chi connectivity index (χ1v) is 23.1. The molecule has 0 unspecified atom stereocenters. The summed E-state index contributed by atoms with van der Waals surface area (Å²) in [5.74, 6) is 0.682. The van der Waals surface area contributed by atoms with E-state index in [0.717, 1.165) is 50.5 Å².